The van der Waals surface area contributed by atoms with Crippen LogP contribution in [0.3, 0.4) is 0 Å². The van der Waals surface area contributed by atoms with Gasteiger partial charge in [0.15, 0.2) is 11.0 Å². The minimum atomic E-state index is -4.73. The van der Waals surface area contributed by atoms with Crippen LogP contribution in [-0.4, -0.2) is 74.8 Å². The van der Waals surface area contributed by atoms with Gasteiger partial charge in [0.1, 0.15) is 30.5 Å². The zero-order chi connectivity index (χ0) is 26.5. The molecule has 0 amide bonds. The molecule has 0 bridgehead atoms. The van der Waals surface area contributed by atoms with Crippen LogP contribution in [0.25, 0.3) is 11.5 Å². The van der Waals surface area contributed by atoms with Gasteiger partial charge in [-0.05, 0) is 30.3 Å². The number of benzene rings is 1. The molecular weight excluding hydrogens is 542 g/mol. The first-order chi connectivity index (χ1) is 17.6. The van der Waals surface area contributed by atoms with Gasteiger partial charge in [-0.2, -0.15) is 23.4 Å². The molecule has 16 heteroatoms. The quantitative estimate of drug-likeness (QED) is 0.339. The van der Waals surface area contributed by atoms with Gasteiger partial charge in [0.2, 0.25) is 0 Å². The van der Waals surface area contributed by atoms with Crippen molar-refractivity contribution in [3.8, 4) is 11.5 Å². The van der Waals surface area contributed by atoms with Gasteiger partial charge in [-0.15, -0.1) is 5.10 Å². The summed E-state index contributed by atoms with van der Waals surface area (Å²) >= 11 is 11.8. The molecule has 3 aromatic heterocycles. The van der Waals surface area contributed by atoms with E-state index in [2.05, 4.69) is 20.5 Å². The van der Waals surface area contributed by atoms with Crippen LogP contribution in [0.1, 0.15) is 23.4 Å². The van der Waals surface area contributed by atoms with E-state index in [1.807, 2.05) is 0 Å². The number of aliphatic hydroxyl groups excluding tert-OH is 3. The molecule has 0 aliphatic carbocycles. The maximum absolute atomic E-state index is 13.8. The van der Waals surface area contributed by atoms with E-state index in [1.165, 1.54) is 40.1 Å². The smallest absolute Gasteiger partial charge is 0.394 e. The van der Waals surface area contributed by atoms with Crippen molar-refractivity contribution in [2.45, 2.75) is 36.6 Å². The fourth-order valence-electron chi connectivity index (χ4n) is 4.26. The van der Waals surface area contributed by atoms with E-state index in [0.29, 0.717) is 0 Å². The fourth-order valence-corrected chi connectivity index (χ4v) is 4.56. The van der Waals surface area contributed by atoms with Crippen molar-refractivity contribution in [2.24, 2.45) is 0 Å². The summed E-state index contributed by atoms with van der Waals surface area (Å²) in [4.78, 5) is 0. The number of nitrogens with zero attached hydrogens (tertiary/aromatic N) is 7. The molecule has 1 aromatic carbocycles. The Balaban J connectivity index is 1.55. The Morgan fingerprint density at radius 3 is 2.54 bits per heavy atom. The average molecular weight is 560 g/mol. The Labute approximate surface area is 216 Å². The SMILES string of the molecule is OC[C@H]1O[C@@H](c2ccnn2-c2cc(Cl)ccc2C(F)(F)F)[C@H](O)[C@@H](n2cc(-n3ccc(Cl)n3)nn2)[C@H]1O. The van der Waals surface area contributed by atoms with Crippen LogP contribution in [-0.2, 0) is 10.9 Å². The molecular formula is C21H18Cl2F3N7O4. The summed E-state index contributed by atoms with van der Waals surface area (Å²) in [6.45, 7) is -0.656. The number of hydrogen-bond acceptors (Lipinski definition) is 8. The summed E-state index contributed by atoms with van der Waals surface area (Å²) in [5.41, 5.74) is -1.38. The molecule has 1 fully saturated rings. The standard InChI is InChI=1S/C21H18Cl2F3N7O4/c22-10-1-2-11(21(24,25)26)13(7-10)33-12(3-5-27-33)20-19(36)17(18(35)14(9-34)37-20)32-8-16(28-30-32)31-6-4-15(23)29-31/h1-8,14,17-20,34-36H,9H2/t14-,17+,18+,19-,20+/m1/s1. The third-order valence-corrected chi connectivity index (χ3v) is 6.38. The predicted molar refractivity (Wildman–Crippen MR) is 121 cm³/mol. The molecule has 4 heterocycles. The first kappa shape index (κ1) is 25.6. The Kier molecular flexibility index (Phi) is 6.72. The second-order valence-corrected chi connectivity index (χ2v) is 9.04. The van der Waals surface area contributed by atoms with Crippen molar-refractivity contribution in [1.29, 1.82) is 0 Å². The van der Waals surface area contributed by atoms with E-state index in [1.54, 1.807) is 0 Å². The average Bonchev–Trinajstić information content (AvgIpc) is 3.59. The topological polar surface area (TPSA) is 136 Å². The lowest BCUT2D eigenvalue weighted by atomic mass is 9.91. The number of alkyl halides is 3. The molecule has 0 unspecified atom stereocenters. The number of ether oxygens (including phenoxy) is 1. The summed E-state index contributed by atoms with van der Waals surface area (Å²) in [7, 11) is 0. The van der Waals surface area contributed by atoms with Crippen molar-refractivity contribution >= 4 is 23.2 Å². The van der Waals surface area contributed by atoms with E-state index in [4.69, 9.17) is 27.9 Å². The van der Waals surface area contributed by atoms with Crippen molar-refractivity contribution in [1.82, 2.24) is 34.6 Å². The highest BCUT2D eigenvalue weighted by Gasteiger charge is 2.48. The third kappa shape index (κ3) is 4.71. The molecule has 1 saturated heterocycles. The van der Waals surface area contributed by atoms with Gasteiger partial charge in [-0.25, -0.2) is 14.0 Å². The summed E-state index contributed by atoms with van der Waals surface area (Å²) in [5.74, 6) is 0.216. The van der Waals surface area contributed by atoms with E-state index >= 15 is 0 Å². The minimum Gasteiger partial charge on any atom is -0.394 e. The van der Waals surface area contributed by atoms with Crippen LogP contribution in [0.2, 0.25) is 10.2 Å². The molecule has 0 saturated carbocycles. The first-order valence-corrected chi connectivity index (χ1v) is 11.5. The molecule has 11 nitrogen and oxygen atoms in total. The molecule has 0 radical (unpaired) electrons. The number of aromatic nitrogens is 7. The van der Waals surface area contributed by atoms with E-state index < -0.39 is 54.5 Å². The summed E-state index contributed by atoms with van der Waals surface area (Å²) < 4.78 is 50.4. The molecule has 196 valence electrons. The lowest BCUT2D eigenvalue weighted by Crippen LogP contribution is -2.53. The maximum atomic E-state index is 13.8. The molecule has 0 spiro atoms. The van der Waals surface area contributed by atoms with Crippen LogP contribution >= 0.6 is 23.2 Å². The van der Waals surface area contributed by atoms with Crippen molar-refractivity contribution in [2.75, 3.05) is 6.61 Å². The number of halogens is 5. The first-order valence-electron chi connectivity index (χ1n) is 10.8. The van der Waals surface area contributed by atoms with Crippen LogP contribution in [0.4, 0.5) is 13.2 Å². The highest BCUT2D eigenvalue weighted by Crippen LogP contribution is 2.41. The van der Waals surface area contributed by atoms with Gasteiger partial charge in [0.05, 0.1) is 29.7 Å². The second kappa shape index (κ2) is 9.70. The number of rotatable bonds is 5. The highest BCUT2D eigenvalue weighted by molar-refractivity contribution is 6.30. The highest BCUT2D eigenvalue weighted by atomic mass is 35.5. The maximum Gasteiger partial charge on any atom is 0.418 e. The Bertz CT molecular complexity index is 1410. The molecule has 5 rings (SSSR count). The molecule has 1 aliphatic rings. The molecule has 37 heavy (non-hydrogen) atoms. The number of hydrogen-bond donors (Lipinski definition) is 3. The summed E-state index contributed by atoms with van der Waals surface area (Å²) in [6.07, 6.45) is -6.17. The monoisotopic (exact) mass is 559 g/mol. The van der Waals surface area contributed by atoms with Crippen molar-refractivity contribution in [3.05, 3.63) is 70.4 Å². The van der Waals surface area contributed by atoms with Crippen LogP contribution < -0.4 is 0 Å². The normalized spacial score (nSPS) is 24.5. The Morgan fingerprint density at radius 2 is 1.86 bits per heavy atom. The van der Waals surface area contributed by atoms with E-state index in [0.717, 1.165) is 22.9 Å². The number of aliphatic hydroxyl groups is 3. The molecule has 4 aromatic rings. The van der Waals surface area contributed by atoms with Gasteiger partial charge in [0.25, 0.3) is 0 Å². The zero-order valence-electron chi connectivity index (χ0n) is 18.5. The molecule has 1 aliphatic heterocycles. The van der Waals surface area contributed by atoms with Crippen molar-refractivity contribution in [3.63, 3.8) is 0 Å². The van der Waals surface area contributed by atoms with Crippen molar-refractivity contribution < 1.29 is 33.2 Å². The zero-order valence-corrected chi connectivity index (χ0v) is 20.0. The van der Waals surface area contributed by atoms with Gasteiger partial charge in [0, 0.05) is 17.4 Å². The largest absolute Gasteiger partial charge is 0.418 e. The fraction of sp³-hybridized carbons (Fsp3) is 0.333. The second-order valence-electron chi connectivity index (χ2n) is 8.22. The van der Waals surface area contributed by atoms with Gasteiger partial charge < -0.3 is 20.1 Å². The Morgan fingerprint density at radius 1 is 1.08 bits per heavy atom. The van der Waals surface area contributed by atoms with Crippen LogP contribution in [0, 0.1) is 0 Å². The third-order valence-electron chi connectivity index (χ3n) is 5.94. The van der Waals surface area contributed by atoms with Gasteiger partial charge in [-0.1, -0.05) is 28.4 Å². The van der Waals surface area contributed by atoms with Gasteiger partial charge in [-0.3, -0.25) is 0 Å². The van der Waals surface area contributed by atoms with E-state index in [-0.39, 0.29) is 21.7 Å². The lowest BCUT2D eigenvalue weighted by Gasteiger charge is -2.42. The predicted octanol–water partition coefficient (Wildman–Crippen LogP) is 2.37. The Hall–Kier alpha value is -3.01. The van der Waals surface area contributed by atoms with Crippen LogP contribution in [0.5, 0.6) is 0 Å². The lowest BCUT2D eigenvalue weighted by molar-refractivity contribution is -0.209. The van der Waals surface area contributed by atoms with Crippen LogP contribution in [0.15, 0.2) is 48.9 Å². The van der Waals surface area contributed by atoms with Gasteiger partial charge >= 0.3 is 6.18 Å². The molecule has 3 N–H and O–H groups in total. The molecule has 5 atom stereocenters. The van der Waals surface area contributed by atoms with E-state index in [9.17, 15) is 28.5 Å². The summed E-state index contributed by atoms with van der Waals surface area (Å²) in [6, 6.07) is 4.67. The minimum absolute atomic E-state index is 0.0230. The summed E-state index contributed by atoms with van der Waals surface area (Å²) in [5, 5.41) is 48.2.